The van der Waals surface area contributed by atoms with Crippen LogP contribution in [0.25, 0.3) is 0 Å². The third-order valence-corrected chi connectivity index (χ3v) is 2.64. The minimum Gasteiger partial charge on any atom is -0.432 e. The molecule has 0 aliphatic heterocycles. The maximum Gasteiger partial charge on any atom is 0.312 e. The van der Waals surface area contributed by atoms with Crippen LogP contribution in [0.15, 0.2) is 35.1 Å². The molecule has 0 N–H and O–H groups in total. The first-order valence-corrected chi connectivity index (χ1v) is 5.82. The molecule has 0 unspecified atom stereocenters. The van der Waals surface area contributed by atoms with Crippen molar-refractivity contribution >= 4 is 33.2 Å². The highest BCUT2D eigenvalue weighted by Crippen LogP contribution is 2.33. The highest BCUT2D eigenvalue weighted by molar-refractivity contribution is 9.10. The van der Waals surface area contributed by atoms with Crippen molar-refractivity contribution in [1.29, 1.82) is 0 Å². The summed E-state index contributed by atoms with van der Waals surface area (Å²) in [5, 5.41) is 11.1. The molecule has 0 radical (unpaired) electrons. The zero-order valence-electron chi connectivity index (χ0n) is 8.71. The molecule has 0 spiro atoms. The van der Waals surface area contributed by atoms with Crippen LogP contribution in [0.2, 0.25) is 5.15 Å². The number of nitro groups is 1. The number of hydrogen-bond donors (Lipinski definition) is 0. The Hall–Kier alpha value is -1.73. The molecule has 1 aromatic carbocycles. The zero-order valence-corrected chi connectivity index (χ0v) is 11.1. The molecule has 0 saturated heterocycles. The second kappa shape index (κ2) is 5.28. The molecule has 0 aliphatic rings. The van der Waals surface area contributed by atoms with E-state index in [1.54, 1.807) is 6.07 Å². The number of nitrogens with zero attached hydrogens (tertiary/aromatic N) is 3. The van der Waals surface area contributed by atoms with Crippen molar-refractivity contribution in [2.45, 2.75) is 0 Å². The number of nitro benzene ring substituents is 1. The fourth-order valence-corrected chi connectivity index (χ4v) is 1.69. The van der Waals surface area contributed by atoms with Gasteiger partial charge in [-0.05, 0) is 12.1 Å². The molecule has 0 aliphatic carbocycles. The van der Waals surface area contributed by atoms with Gasteiger partial charge in [0.05, 0.1) is 4.92 Å². The second-order valence-electron chi connectivity index (χ2n) is 3.15. The molecule has 2 rings (SSSR count). The van der Waals surface area contributed by atoms with E-state index < -0.39 is 4.92 Å². The topological polar surface area (TPSA) is 78.2 Å². The second-order valence-corrected chi connectivity index (χ2v) is 4.45. The van der Waals surface area contributed by atoms with Crippen molar-refractivity contribution in [3.63, 3.8) is 0 Å². The summed E-state index contributed by atoms with van der Waals surface area (Å²) in [6, 6.07) is 5.81. The number of benzene rings is 1. The summed E-state index contributed by atoms with van der Waals surface area (Å²) in [6.07, 6.45) is 1.21. The molecule has 6 nitrogen and oxygen atoms in total. The summed E-state index contributed by atoms with van der Waals surface area (Å²) in [7, 11) is 0. The van der Waals surface area contributed by atoms with Gasteiger partial charge in [-0.1, -0.05) is 27.5 Å². The van der Waals surface area contributed by atoms with Gasteiger partial charge in [0.1, 0.15) is 11.5 Å². The van der Waals surface area contributed by atoms with Gasteiger partial charge in [-0.15, -0.1) is 0 Å². The van der Waals surface area contributed by atoms with E-state index in [0.29, 0.717) is 4.47 Å². The van der Waals surface area contributed by atoms with Gasteiger partial charge in [0, 0.05) is 16.6 Å². The van der Waals surface area contributed by atoms with Crippen LogP contribution < -0.4 is 4.74 Å². The van der Waals surface area contributed by atoms with Gasteiger partial charge in [-0.25, -0.2) is 9.97 Å². The maximum absolute atomic E-state index is 10.9. The van der Waals surface area contributed by atoms with E-state index in [9.17, 15) is 10.1 Å². The fourth-order valence-electron chi connectivity index (χ4n) is 1.21. The van der Waals surface area contributed by atoms with Crippen LogP contribution in [-0.2, 0) is 0 Å². The molecule has 0 atom stereocenters. The largest absolute Gasteiger partial charge is 0.432 e. The van der Waals surface area contributed by atoms with Gasteiger partial charge < -0.3 is 4.74 Å². The Balaban J connectivity index is 2.37. The van der Waals surface area contributed by atoms with E-state index in [1.165, 1.54) is 24.5 Å². The quantitative estimate of drug-likeness (QED) is 0.488. The molecule has 1 aromatic heterocycles. The lowest BCUT2D eigenvalue weighted by atomic mass is 10.3. The smallest absolute Gasteiger partial charge is 0.312 e. The van der Waals surface area contributed by atoms with Crippen LogP contribution in [0.1, 0.15) is 0 Å². The van der Waals surface area contributed by atoms with Crippen molar-refractivity contribution in [3.05, 3.63) is 50.3 Å². The van der Waals surface area contributed by atoms with E-state index >= 15 is 0 Å². The predicted molar refractivity (Wildman–Crippen MR) is 67.9 cm³/mol. The molecule has 1 heterocycles. The number of rotatable bonds is 3. The summed E-state index contributed by atoms with van der Waals surface area (Å²) in [5.41, 5.74) is -0.167. The Labute approximate surface area is 115 Å². The van der Waals surface area contributed by atoms with Crippen LogP contribution in [0.3, 0.4) is 0 Å². The summed E-state index contributed by atoms with van der Waals surface area (Å²) < 4.78 is 5.89. The lowest BCUT2D eigenvalue weighted by Crippen LogP contribution is -1.95. The van der Waals surface area contributed by atoms with E-state index in [-0.39, 0.29) is 22.5 Å². The van der Waals surface area contributed by atoms with E-state index in [2.05, 4.69) is 25.9 Å². The molecule has 92 valence electrons. The van der Waals surface area contributed by atoms with Crippen LogP contribution in [0.4, 0.5) is 5.69 Å². The summed E-state index contributed by atoms with van der Waals surface area (Å²) >= 11 is 8.82. The third-order valence-electron chi connectivity index (χ3n) is 1.94. The van der Waals surface area contributed by atoms with Crippen molar-refractivity contribution in [1.82, 2.24) is 9.97 Å². The maximum atomic E-state index is 10.9. The van der Waals surface area contributed by atoms with Crippen molar-refractivity contribution in [2.24, 2.45) is 0 Å². The number of halogens is 2. The zero-order chi connectivity index (χ0) is 13.1. The van der Waals surface area contributed by atoms with E-state index in [0.717, 1.165) is 0 Å². The van der Waals surface area contributed by atoms with Crippen molar-refractivity contribution in [3.8, 4) is 11.6 Å². The average molecular weight is 331 g/mol. The standard InChI is InChI=1S/C10H5BrClN3O3/c11-6-1-2-8(7(3-6)15(16)17)18-10-4-9(12)13-5-14-10/h1-5H. The SMILES string of the molecule is O=[N+]([O-])c1cc(Br)ccc1Oc1cc(Cl)ncn1. The highest BCUT2D eigenvalue weighted by Gasteiger charge is 2.16. The Morgan fingerprint density at radius 2 is 2.11 bits per heavy atom. The Morgan fingerprint density at radius 3 is 2.78 bits per heavy atom. The molecule has 0 amide bonds. The van der Waals surface area contributed by atoms with Gasteiger partial charge in [0.25, 0.3) is 0 Å². The molecule has 8 heteroatoms. The molecule has 2 aromatic rings. The Morgan fingerprint density at radius 1 is 1.33 bits per heavy atom. The van der Waals surface area contributed by atoms with Gasteiger partial charge in [0.15, 0.2) is 0 Å². The van der Waals surface area contributed by atoms with Crippen LogP contribution in [-0.4, -0.2) is 14.9 Å². The fraction of sp³-hybridized carbons (Fsp3) is 0. The summed E-state index contributed by atoms with van der Waals surface area (Å²) in [4.78, 5) is 17.8. The number of hydrogen-bond acceptors (Lipinski definition) is 5. The highest BCUT2D eigenvalue weighted by atomic mass is 79.9. The van der Waals surface area contributed by atoms with Crippen molar-refractivity contribution < 1.29 is 9.66 Å². The van der Waals surface area contributed by atoms with Crippen LogP contribution in [0, 0.1) is 10.1 Å². The van der Waals surface area contributed by atoms with Gasteiger partial charge in [0.2, 0.25) is 11.6 Å². The van der Waals surface area contributed by atoms with Gasteiger partial charge in [-0.3, -0.25) is 10.1 Å². The predicted octanol–water partition coefficient (Wildman–Crippen LogP) is 3.59. The molecule has 0 bridgehead atoms. The molecular weight excluding hydrogens is 325 g/mol. The van der Waals surface area contributed by atoms with E-state index in [4.69, 9.17) is 16.3 Å². The summed E-state index contributed by atoms with van der Waals surface area (Å²) in [5.74, 6) is 0.221. The first-order chi connectivity index (χ1) is 8.56. The summed E-state index contributed by atoms with van der Waals surface area (Å²) in [6.45, 7) is 0. The van der Waals surface area contributed by atoms with Crippen molar-refractivity contribution in [2.75, 3.05) is 0 Å². The van der Waals surface area contributed by atoms with Gasteiger partial charge >= 0.3 is 5.69 Å². The van der Waals surface area contributed by atoms with E-state index in [1.807, 2.05) is 0 Å². The van der Waals surface area contributed by atoms with Gasteiger partial charge in [-0.2, -0.15) is 0 Å². The Bertz CT molecular complexity index is 609. The van der Waals surface area contributed by atoms with Crippen LogP contribution in [0.5, 0.6) is 11.6 Å². The monoisotopic (exact) mass is 329 g/mol. The average Bonchev–Trinajstić information content (AvgIpc) is 2.31. The molecule has 18 heavy (non-hydrogen) atoms. The minimum atomic E-state index is -0.539. The lowest BCUT2D eigenvalue weighted by molar-refractivity contribution is -0.385. The third kappa shape index (κ3) is 2.93. The molecule has 0 fully saturated rings. The molecule has 0 saturated carbocycles. The number of ether oxygens (including phenoxy) is 1. The lowest BCUT2D eigenvalue weighted by Gasteiger charge is -2.05. The first kappa shape index (κ1) is 12.7. The first-order valence-electron chi connectivity index (χ1n) is 4.65. The normalized spacial score (nSPS) is 10.1. The minimum absolute atomic E-state index is 0.0815. The molecular formula is C10H5BrClN3O3. The van der Waals surface area contributed by atoms with Crippen LogP contribution >= 0.6 is 27.5 Å². The number of aromatic nitrogens is 2. The Kier molecular flexibility index (Phi) is 3.73.